The van der Waals surface area contributed by atoms with Crippen molar-refractivity contribution in [1.82, 2.24) is 0 Å². The first-order valence-electron chi connectivity index (χ1n) is 12.1. The van der Waals surface area contributed by atoms with Crippen LogP contribution in [0.25, 0.3) is 6.08 Å². The second-order valence-corrected chi connectivity index (χ2v) is 10.8. The SMILES string of the molecule is COc1cc(/C=C2/N=C(C34CC5CC(CC(C5)C3)C4)OC2=O)ccc1OCc1ccc(Cl)cc1. The molecule has 34 heavy (non-hydrogen) atoms. The molecule has 0 spiro atoms. The van der Waals surface area contributed by atoms with Crippen LogP contribution in [-0.4, -0.2) is 19.0 Å². The van der Waals surface area contributed by atoms with E-state index >= 15 is 0 Å². The second kappa shape index (κ2) is 8.46. The molecule has 0 radical (unpaired) electrons. The van der Waals surface area contributed by atoms with Crippen LogP contribution in [0.1, 0.15) is 49.7 Å². The lowest BCUT2D eigenvalue weighted by atomic mass is 9.49. The van der Waals surface area contributed by atoms with Crippen molar-refractivity contribution in [2.24, 2.45) is 28.2 Å². The average molecular weight is 478 g/mol. The van der Waals surface area contributed by atoms with Gasteiger partial charge < -0.3 is 14.2 Å². The average Bonchev–Trinajstić information content (AvgIpc) is 3.19. The van der Waals surface area contributed by atoms with Gasteiger partial charge in [-0.1, -0.05) is 29.8 Å². The lowest BCUT2D eigenvalue weighted by molar-refractivity contribution is -0.131. The molecule has 4 fully saturated rings. The van der Waals surface area contributed by atoms with Crippen LogP contribution in [0.3, 0.4) is 0 Å². The first-order valence-corrected chi connectivity index (χ1v) is 12.5. The monoisotopic (exact) mass is 477 g/mol. The zero-order valence-corrected chi connectivity index (χ0v) is 20.0. The van der Waals surface area contributed by atoms with Crippen molar-refractivity contribution >= 4 is 29.5 Å². The van der Waals surface area contributed by atoms with Gasteiger partial charge in [0.05, 0.1) is 7.11 Å². The van der Waals surface area contributed by atoms with Crippen molar-refractivity contribution in [2.75, 3.05) is 7.11 Å². The van der Waals surface area contributed by atoms with Crippen LogP contribution in [0.5, 0.6) is 11.5 Å². The fourth-order valence-corrected chi connectivity index (χ4v) is 6.93. The highest BCUT2D eigenvalue weighted by molar-refractivity contribution is 6.30. The zero-order valence-electron chi connectivity index (χ0n) is 19.3. The van der Waals surface area contributed by atoms with E-state index in [4.69, 9.17) is 30.8 Å². The van der Waals surface area contributed by atoms with Gasteiger partial charge in [-0.2, -0.15) is 0 Å². The molecular weight excluding hydrogens is 450 g/mol. The Morgan fingerprint density at radius 3 is 2.35 bits per heavy atom. The van der Waals surface area contributed by atoms with E-state index in [1.54, 1.807) is 13.2 Å². The number of aliphatic imine (C=N–C) groups is 1. The van der Waals surface area contributed by atoms with Gasteiger partial charge in [0.25, 0.3) is 0 Å². The topological polar surface area (TPSA) is 57.1 Å². The standard InChI is InChI=1S/C28H28ClNO4/c1-32-25-12-18(4-7-24(25)33-16-17-2-5-22(29)6-3-17)11-23-26(31)34-27(30-23)28-13-19-8-20(14-28)10-21(9-19)15-28/h2-7,11-12,19-21H,8-10,13-16H2,1H3/b23-11+. The number of halogens is 1. The molecule has 176 valence electrons. The number of nitrogens with zero attached hydrogens (tertiary/aromatic N) is 1. The van der Waals surface area contributed by atoms with Gasteiger partial charge in [0.1, 0.15) is 6.61 Å². The summed E-state index contributed by atoms with van der Waals surface area (Å²) >= 11 is 5.95. The highest BCUT2D eigenvalue weighted by atomic mass is 35.5. The molecule has 0 N–H and O–H groups in total. The molecule has 2 aromatic carbocycles. The minimum Gasteiger partial charge on any atom is -0.493 e. The largest absolute Gasteiger partial charge is 0.493 e. The Morgan fingerprint density at radius 2 is 1.71 bits per heavy atom. The molecule has 7 rings (SSSR count). The molecule has 2 aromatic rings. The van der Waals surface area contributed by atoms with Crippen LogP contribution in [0.15, 0.2) is 53.2 Å². The molecule has 4 saturated carbocycles. The maximum absolute atomic E-state index is 12.7. The Kier molecular flexibility index (Phi) is 5.40. The van der Waals surface area contributed by atoms with Gasteiger partial charge in [-0.15, -0.1) is 0 Å². The number of methoxy groups -OCH3 is 1. The Bertz CT molecular complexity index is 1150. The molecule has 4 aliphatic carbocycles. The molecule has 1 heterocycles. The van der Waals surface area contributed by atoms with Gasteiger partial charge in [0.2, 0.25) is 5.90 Å². The Balaban J connectivity index is 1.21. The normalized spacial score (nSPS) is 30.4. The summed E-state index contributed by atoms with van der Waals surface area (Å²) in [6.07, 6.45) is 9.16. The number of rotatable bonds is 6. The van der Waals surface area contributed by atoms with Crippen molar-refractivity contribution in [2.45, 2.75) is 45.1 Å². The predicted octanol–water partition coefficient (Wildman–Crippen LogP) is 6.44. The van der Waals surface area contributed by atoms with E-state index < -0.39 is 0 Å². The fourth-order valence-electron chi connectivity index (χ4n) is 6.80. The van der Waals surface area contributed by atoms with Crippen LogP contribution < -0.4 is 9.47 Å². The predicted molar refractivity (Wildman–Crippen MR) is 131 cm³/mol. The van der Waals surface area contributed by atoms with Gasteiger partial charge in [-0.25, -0.2) is 9.79 Å². The number of ether oxygens (including phenoxy) is 3. The number of benzene rings is 2. The Morgan fingerprint density at radius 1 is 1.03 bits per heavy atom. The van der Waals surface area contributed by atoms with E-state index in [2.05, 4.69) is 0 Å². The third kappa shape index (κ3) is 4.00. The molecule has 5 nitrogen and oxygen atoms in total. The summed E-state index contributed by atoms with van der Waals surface area (Å²) in [5, 5.41) is 0.693. The molecule has 6 heteroatoms. The lowest BCUT2D eigenvalue weighted by Crippen LogP contribution is -2.50. The van der Waals surface area contributed by atoms with E-state index in [1.165, 1.54) is 19.3 Å². The van der Waals surface area contributed by atoms with Crippen LogP contribution in [0.2, 0.25) is 5.02 Å². The summed E-state index contributed by atoms with van der Waals surface area (Å²) in [7, 11) is 1.61. The summed E-state index contributed by atoms with van der Waals surface area (Å²) in [6, 6.07) is 13.1. The van der Waals surface area contributed by atoms with E-state index in [1.807, 2.05) is 42.5 Å². The van der Waals surface area contributed by atoms with Crippen molar-refractivity contribution in [3.05, 3.63) is 64.3 Å². The molecular formula is C28H28ClNO4. The molecule has 0 atom stereocenters. The third-order valence-electron chi connectivity index (χ3n) is 7.91. The van der Waals surface area contributed by atoms with Gasteiger partial charge in [-0.3, -0.25) is 0 Å². The first kappa shape index (κ1) is 21.7. The summed E-state index contributed by atoms with van der Waals surface area (Å²) in [6.45, 7) is 0.402. The van der Waals surface area contributed by atoms with E-state index in [0.29, 0.717) is 34.7 Å². The van der Waals surface area contributed by atoms with Crippen LogP contribution in [0, 0.1) is 23.2 Å². The van der Waals surface area contributed by atoms with Gasteiger partial charge in [0, 0.05) is 10.4 Å². The van der Waals surface area contributed by atoms with E-state index in [-0.39, 0.29) is 11.4 Å². The van der Waals surface area contributed by atoms with Crippen LogP contribution in [0.4, 0.5) is 0 Å². The second-order valence-electron chi connectivity index (χ2n) is 10.4. The lowest BCUT2D eigenvalue weighted by Gasteiger charge is -2.55. The molecule has 5 aliphatic rings. The van der Waals surface area contributed by atoms with E-state index in [9.17, 15) is 4.79 Å². The zero-order chi connectivity index (χ0) is 23.3. The summed E-state index contributed by atoms with van der Waals surface area (Å²) in [5.74, 6) is 3.85. The van der Waals surface area contributed by atoms with Crippen molar-refractivity contribution < 1.29 is 19.0 Å². The molecule has 0 unspecified atom stereocenters. The molecule has 4 bridgehead atoms. The quantitative estimate of drug-likeness (QED) is 0.355. The van der Waals surface area contributed by atoms with Gasteiger partial charge in [-0.05, 0) is 97.7 Å². The number of hydrogen-bond donors (Lipinski definition) is 0. The number of hydrogen-bond acceptors (Lipinski definition) is 5. The number of cyclic esters (lactones) is 1. The first-order chi connectivity index (χ1) is 16.5. The Hall–Kier alpha value is -2.79. The van der Waals surface area contributed by atoms with Crippen molar-refractivity contribution in [3.8, 4) is 11.5 Å². The highest BCUT2D eigenvalue weighted by Crippen LogP contribution is 2.61. The summed E-state index contributed by atoms with van der Waals surface area (Å²) < 4.78 is 17.3. The number of esters is 1. The van der Waals surface area contributed by atoms with Crippen molar-refractivity contribution in [1.29, 1.82) is 0 Å². The van der Waals surface area contributed by atoms with Crippen LogP contribution >= 0.6 is 11.6 Å². The molecule has 0 amide bonds. The maximum Gasteiger partial charge on any atom is 0.363 e. The molecule has 1 aliphatic heterocycles. The minimum absolute atomic E-state index is 0.0307. The number of carbonyl (C=O) groups excluding carboxylic acids is 1. The van der Waals surface area contributed by atoms with Gasteiger partial charge in [0.15, 0.2) is 17.2 Å². The van der Waals surface area contributed by atoms with E-state index in [0.717, 1.165) is 48.1 Å². The fraction of sp³-hybridized carbons (Fsp3) is 0.429. The molecule has 0 aromatic heterocycles. The summed E-state index contributed by atoms with van der Waals surface area (Å²) in [5.41, 5.74) is 2.16. The summed E-state index contributed by atoms with van der Waals surface area (Å²) in [4.78, 5) is 17.5. The third-order valence-corrected chi connectivity index (χ3v) is 8.16. The Labute approximate surface area is 204 Å². The highest BCUT2D eigenvalue weighted by Gasteiger charge is 2.55. The molecule has 0 saturated heterocycles. The van der Waals surface area contributed by atoms with Crippen molar-refractivity contribution in [3.63, 3.8) is 0 Å². The minimum atomic E-state index is -0.354. The number of carbonyl (C=O) groups is 1. The maximum atomic E-state index is 12.7. The van der Waals surface area contributed by atoms with Crippen LogP contribution in [-0.2, 0) is 16.1 Å². The smallest absolute Gasteiger partial charge is 0.363 e. The van der Waals surface area contributed by atoms with Gasteiger partial charge >= 0.3 is 5.97 Å².